The second kappa shape index (κ2) is 8.60. The summed E-state index contributed by atoms with van der Waals surface area (Å²) in [6.07, 6.45) is 0.454. The maximum Gasteiger partial charge on any atom is 0.317 e. The summed E-state index contributed by atoms with van der Waals surface area (Å²) in [5.41, 5.74) is 0.803. The summed E-state index contributed by atoms with van der Waals surface area (Å²) in [5, 5.41) is 8.38. The number of benzene rings is 1. The van der Waals surface area contributed by atoms with Crippen LogP contribution in [0.3, 0.4) is 0 Å². The highest BCUT2D eigenvalue weighted by atomic mass is 16.5. The molecule has 4 nitrogen and oxygen atoms in total. The predicted octanol–water partition coefficient (Wildman–Crippen LogP) is 2.28. The molecule has 1 rings (SSSR count). The van der Waals surface area contributed by atoms with E-state index in [1.54, 1.807) is 31.2 Å². The van der Waals surface area contributed by atoms with E-state index in [-0.39, 0.29) is 12.4 Å². The quantitative estimate of drug-likeness (QED) is 0.461. The van der Waals surface area contributed by atoms with Gasteiger partial charge in [-0.25, -0.2) is 0 Å². The molecule has 0 fully saturated rings. The topological polar surface area (TPSA) is 59.3 Å². The molecule has 0 saturated heterocycles. The molecule has 0 saturated carbocycles. The van der Waals surface area contributed by atoms with Gasteiger partial charge in [-0.3, -0.25) is 4.79 Å². The van der Waals surface area contributed by atoms with Crippen molar-refractivity contribution in [1.82, 2.24) is 0 Å². The molecule has 19 heavy (non-hydrogen) atoms. The zero-order valence-electron chi connectivity index (χ0n) is 10.8. The maximum absolute atomic E-state index is 11.1. The number of ether oxygens (including phenoxy) is 2. The smallest absolute Gasteiger partial charge is 0.317 e. The third-order valence-electron chi connectivity index (χ3n) is 2.11. The van der Waals surface area contributed by atoms with Gasteiger partial charge in [-0.05, 0) is 31.2 Å². The summed E-state index contributed by atoms with van der Waals surface area (Å²) in [4.78, 5) is 11.1. The molecule has 0 N–H and O–H groups in total. The Bertz CT molecular complexity index is 503. The van der Waals surface area contributed by atoms with E-state index in [0.717, 1.165) is 5.56 Å². The summed E-state index contributed by atoms with van der Waals surface area (Å²) in [6, 6.07) is 9.18. The second-order valence-corrected chi connectivity index (χ2v) is 3.56. The summed E-state index contributed by atoms with van der Waals surface area (Å²) in [7, 11) is 0. The van der Waals surface area contributed by atoms with Gasteiger partial charge in [0.2, 0.25) is 0 Å². The lowest BCUT2D eigenvalue weighted by Gasteiger charge is -2.02. The predicted molar refractivity (Wildman–Crippen MR) is 70.3 cm³/mol. The van der Waals surface area contributed by atoms with E-state index in [4.69, 9.17) is 14.7 Å². The van der Waals surface area contributed by atoms with Crippen LogP contribution in [-0.4, -0.2) is 19.2 Å². The Morgan fingerprint density at radius 1 is 1.32 bits per heavy atom. The molecule has 0 amide bonds. The van der Waals surface area contributed by atoms with E-state index >= 15 is 0 Å². The van der Waals surface area contributed by atoms with Crippen molar-refractivity contribution in [1.29, 1.82) is 5.26 Å². The van der Waals surface area contributed by atoms with Crippen molar-refractivity contribution in [3.63, 3.8) is 0 Å². The Balaban J connectivity index is 2.46. The van der Waals surface area contributed by atoms with Crippen LogP contribution in [0.25, 0.3) is 0 Å². The van der Waals surface area contributed by atoms with Gasteiger partial charge in [-0.15, -0.1) is 0 Å². The summed E-state index contributed by atoms with van der Waals surface area (Å²) in [5.74, 6) is 6.01. The number of esters is 1. The van der Waals surface area contributed by atoms with Crippen molar-refractivity contribution < 1.29 is 14.3 Å². The molecule has 1 aromatic rings. The normalized spacial score (nSPS) is 8.84. The van der Waals surface area contributed by atoms with Gasteiger partial charge in [-0.2, -0.15) is 5.26 Å². The van der Waals surface area contributed by atoms with Gasteiger partial charge in [0.1, 0.15) is 18.8 Å². The average Bonchev–Trinajstić information content (AvgIpc) is 2.41. The minimum absolute atomic E-state index is 0.0915. The molecule has 0 aliphatic rings. The van der Waals surface area contributed by atoms with E-state index in [1.807, 2.05) is 6.07 Å². The van der Waals surface area contributed by atoms with Crippen molar-refractivity contribution >= 4 is 5.97 Å². The fraction of sp³-hybridized carbons (Fsp3) is 0.333. The Morgan fingerprint density at radius 3 is 2.68 bits per heavy atom. The third-order valence-corrected chi connectivity index (χ3v) is 2.11. The highest BCUT2D eigenvalue weighted by Gasteiger charge is 1.96. The van der Waals surface area contributed by atoms with Gasteiger partial charge < -0.3 is 9.47 Å². The van der Waals surface area contributed by atoms with Crippen LogP contribution in [0.5, 0.6) is 5.75 Å². The number of hydrogen-bond acceptors (Lipinski definition) is 4. The first-order valence-corrected chi connectivity index (χ1v) is 6.00. The first-order valence-electron chi connectivity index (χ1n) is 6.00. The van der Waals surface area contributed by atoms with Crippen molar-refractivity contribution in [2.24, 2.45) is 0 Å². The number of carbonyl (C=O) groups excluding carboxylic acids is 1. The van der Waals surface area contributed by atoms with Crippen LogP contribution in [0.1, 0.15) is 25.3 Å². The van der Waals surface area contributed by atoms with E-state index in [0.29, 0.717) is 25.4 Å². The molecule has 0 aliphatic carbocycles. The second-order valence-electron chi connectivity index (χ2n) is 3.56. The van der Waals surface area contributed by atoms with E-state index in [2.05, 4.69) is 11.8 Å². The molecule has 0 radical (unpaired) electrons. The number of nitrogens with zero attached hydrogens (tertiary/aromatic N) is 1. The van der Waals surface area contributed by atoms with Crippen LogP contribution in [0, 0.1) is 23.2 Å². The zero-order chi connectivity index (χ0) is 13.9. The average molecular weight is 257 g/mol. The summed E-state index contributed by atoms with van der Waals surface area (Å²) in [6.45, 7) is 2.51. The molecule has 98 valence electrons. The van der Waals surface area contributed by atoms with Crippen molar-refractivity contribution in [3.8, 4) is 23.7 Å². The van der Waals surface area contributed by atoms with Crippen LogP contribution in [0.4, 0.5) is 0 Å². The first-order chi connectivity index (χ1) is 9.26. The molecule has 0 heterocycles. The van der Waals surface area contributed by atoms with Gasteiger partial charge in [0, 0.05) is 5.56 Å². The highest BCUT2D eigenvalue weighted by Crippen LogP contribution is 2.11. The lowest BCUT2D eigenvalue weighted by Crippen LogP contribution is -2.01. The molecule has 0 spiro atoms. The number of rotatable bonds is 5. The SMILES string of the molecule is CCOC(=O)CC#Cc1ccc(OCCC#N)cc1. The largest absolute Gasteiger partial charge is 0.493 e. The molecular formula is C15H15NO3. The van der Waals surface area contributed by atoms with Crippen LogP contribution in [0.15, 0.2) is 24.3 Å². The highest BCUT2D eigenvalue weighted by molar-refractivity contribution is 5.72. The van der Waals surface area contributed by atoms with E-state index < -0.39 is 0 Å². The molecular weight excluding hydrogens is 242 g/mol. The van der Waals surface area contributed by atoms with Crippen LogP contribution in [0.2, 0.25) is 0 Å². The van der Waals surface area contributed by atoms with E-state index in [9.17, 15) is 4.79 Å². The minimum Gasteiger partial charge on any atom is -0.493 e. The molecule has 1 aromatic carbocycles. The Kier molecular flexibility index (Phi) is 6.61. The molecule has 0 atom stereocenters. The van der Waals surface area contributed by atoms with Crippen LogP contribution in [-0.2, 0) is 9.53 Å². The Morgan fingerprint density at radius 2 is 2.05 bits per heavy atom. The third kappa shape index (κ3) is 6.14. The molecule has 0 aliphatic heterocycles. The molecule has 0 unspecified atom stereocenters. The summed E-state index contributed by atoms with van der Waals surface area (Å²) >= 11 is 0. The van der Waals surface area contributed by atoms with Crippen molar-refractivity contribution in [2.75, 3.05) is 13.2 Å². The molecule has 0 bridgehead atoms. The lowest BCUT2D eigenvalue weighted by atomic mass is 10.2. The molecule has 4 heteroatoms. The molecule has 0 aromatic heterocycles. The van der Waals surface area contributed by atoms with Gasteiger partial charge in [0.15, 0.2) is 0 Å². The maximum atomic E-state index is 11.1. The van der Waals surface area contributed by atoms with Crippen molar-refractivity contribution in [3.05, 3.63) is 29.8 Å². The monoisotopic (exact) mass is 257 g/mol. The number of nitriles is 1. The summed E-state index contributed by atoms with van der Waals surface area (Å²) < 4.78 is 10.1. The van der Waals surface area contributed by atoms with Gasteiger partial charge in [-0.1, -0.05) is 11.8 Å². The first kappa shape index (κ1) is 14.6. The Hall–Kier alpha value is -2.46. The zero-order valence-corrected chi connectivity index (χ0v) is 10.8. The minimum atomic E-state index is -0.313. The lowest BCUT2D eigenvalue weighted by molar-refractivity contribution is -0.141. The van der Waals surface area contributed by atoms with Crippen LogP contribution < -0.4 is 4.74 Å². The Labute approximate surface area is 112 Å². The fourth-order valence-electron chi connectivity index (χ4n) is 1.28. The van der Waals surface area contributed by atoms with Gasteiger partial charge >= 0.3 is 5.97 Å². The number of hydrogen-bond donors (Lipinski definition) is 0. The van der Waals surface area contributed by atoms with Gasteiger partial charge in [0.25, 0.3) is 0 Å². The number of carbonyl (C=O) groups is 1. The van der Waals surface area contributed by atoms with Crippen LogP contribution >= 0.6 is 0 Å². The fourth-order valence-corrected chi connectivity index (χ4v) is 1.28. The van der Waals surface area contributed by atoms with Gasteiger partial charge in [0.05, 0.1) is 19.1 Å². The van der Waals surface area contributed by atoms with Crippen molar-refractivity contribution in [2.45, 2.75) is 19.8 Å². The van der Waals surface area contributed by atoms with E-state index in [1.165, 1.54) is 0 Å². The standard InChI is InChI=1S/C15H15NO3/c1-2-18-15(17)6-3-5-13-7-9-14(10-8-13)19-12-4-11-16/h7-10H,2,4,6,12H2,1H3.